The molecule has 1 aromatic rings. The number of amides is 1. The Hall–Kier alpha value is -1.16. The first-order valence-electron chi connectivity index (χ1n) is 5.87. The number of hydrogen-bond donors (Lipinski definition) is 0. The molecule has 98 valence electrons. The molecule has 18 heavy (non-hydrogen) atoms. The lowest BCUT2D eigenvalue weighted by Gasteiger charge is -2.25. The van der Waals surface area contributed by atoms with Gasteiger partial charge in [-0.15, -0.1) is 11.6 Å². The molecule has 2 atom stereocenters. The quantitative estimate of drug-likeness (QED) is 0.759. The van der Waals surface area contributed by atoms with Crippen molar-refractivity contribution in [3.63, 3.8) is 0 Å². The third-order valence-electron chi connectivity index (χ3n) is 3.48. The van der Waals surface area contributed by atoms with Crippen LogP contribution in [0.4, 0.5) is 8.78 Å². The van der Waals surface area contributed by atoms with Crippen molar-refractivity contribution in [3.8, 4) is 0 Å². The molecule has 2 nitrogen and oxygen atoms in total. The number of benzene rings is 1. The van der Waals surface area contributed by atoms with Crippen molar-refractivity contribution in [1.82, 2.24) is 4.90 Å². The van der Waals surface area contributed by atoms with Gasteiger partial charge in [-0.3, -0.25) is 4.79 Å². The summed E-state index contributed by atoms with van der Waals surface area (Å²) in [5, 5.41) is 0. The molecular formula is C13H14ClF2NO. The Bertz CT molecular complexity index is 466. The van der Waals surface area contributed by atoms with Crippen LogP contribution in [0.5, 0.6) is 0 Å². The predicted molar refractivity (Wildman–Crippen MR) is 65.7 cm³/mol. The van der Waals surface area contributed by atoms with Crippen molar-refractivity contribution in [2.24, 2.45) is 5.92 Å². The van der Waals surface area contributed by atoms with E-state index in [-0.39, 0.29) is 17.5 Å². The molecule has 0 saturated carbocycles. The fraction of sp³-hybridized carbons (Fsp3) is 0.462. The molecule has 0 aromatic heterocycles. The molecule has 2 unspecified atom stereocenters. The van der Waals surface area contributed by atoms with Crippen LogP contribution in [0.2, 0.25) is 0 Å². The molecule has 0 radical (unpaired) electrons. The molecule has 1 heterocycles. The maximum atomic E-state index is 13.6. The fourth-order valence-corrected chi connectivity index (χ4v) is 2.79. The molecule has 0 bridgehead atoms. The van der Waals surface area contributed by atoms with Crippen LogP contribution in [-0.4, -0.2) is 29.3 Å². The van der Waals surface area contributed by atoms with E-state index < -0.39 is 17.5 Å². The highest BCUT2D eigenvalue weighted by molar-refractivity contribution is 6.18. The highest BCUT2D eigenvalue weighted by atomic mass is 35.5. The minimum atomic E-state index is -1.09. The maximum absolute atomic E-state index is 13.6. The van der Waals surface area contributed by atoms with E-state index in [4.69, 9.17) is 11.6 Å². The van der Waals surface area contributed by atoms with Crippen LogP contribution in [0.25, 0.3) is 0 Å². The smallest absolute Gasteiger partial charge is 0.257 e. The van der Waals surface area contributed by atoms with Gasteiger partial charge in [-0.1, -0.05) is 13.0 Å². The summed E-state index contributed by atoms with van der Waals surface area (Å²) >= 11 is 5.84. The highest BCUT2D eigenvalue weighted by Gasteiger charge is 2.35. The number of alkyl halides is 1. The molecule has 1 saturated heterocycles. The molecule has 1 aliphatic rings. The summed E-state index contributed by atoms with van der Waals surface area (Å²) in [6.07, 6.45) is 0.833. The summed E-state index contributed by atoms with van der Waals surface area (Å²) in [7, 11) is 0. The zero-order valence-electron chi connectivity index (χ0n) is 10.00. The molecule has 1 aliphatic heterocycles. The van der Waals surface area contributed by atoms with Crippen LogP contribution in [-0.2, 0) is 0 Å². The van der Waals surface area contributed by atoms with Gasteiger partial charge in [-0.25, -0.2) is 8.78 Å². The first-order chi connectivity index (χ1) is 8.56. The molecule has 1 fully saturated rings. The van der Waals surface area contributed by atoms with Gasteiger partial charge in [-0.05, 0) is 24.5 Å². The molecule has 1 amide bonds. The number of halogens is 3. The molecular weight excluding hydrogens is 260 g/mol. The third kappa shape index (κ3) is 2.21. The summed E-state index contributed by atoms with van der Waals surface area (Å²) in [4.78, 5) is 13.7. The maximum Gasteiger partial charge on any atom is 0.257 e. The van der Waals surface area contributed by atoms with Crippen LogP contribution < -0.4 is 0 Å². The monoisotopic (exact) mass is 273 g/mol. The topological polar surface area (TPSA) is 20.3 Å². The van der Waals surface area contributed by atoms with E-state index in [0.29, 0.717) is 12.4 Å². The van der Waals surface area contributed by atoms with Crippen molar-refractivity contribution >= 4 is 17.5 Å². The fourth-order valence-electron chi connectivity index (χ4n) is 2.32. The first kappa shape index (κ1) is 13.3. The molecule has 0 N–H and O–H groups in total. The lowest BCUT2D eigenvalue weighted by molar-refractivity contribution is 0.0731. The van der Waals surface area contributed by atoms with E-state index in [1.54, 1.807) is 0 Å². The number of hydrogen-bond acceptors (Lipinski definition) is 1. The van der Waals surface area contributed by atoms with Gasteiger partial charge >= 0.3 is 0 Å². The molecule has 1 aromatic carbocycles. The Morgan fingerprint density at radius 1 is 1.50 bits per heavy atom. The summed E-state index contributed by atoms with van der Waals surface area (Å²) < 4.78 is 26.7. The lowest BCUT2D eigenvalue weighted by atomic mass is 10.0. The second-order valence-electron chi connectivity index (χ2n) is 4.59. The summed E-state index contributed by atoms with van der Waals surface area (Å²) in [6, 6.07) is 3.52. The Morgan fingerprint density at radius 3 is 2.89 bits per heavy atom. The number of likely N-dealkylation sites (tertiary alicyclic amines) is 1. The van der Waals surface area contributed by atoms with Gasteiger partial charge in [0.1, 0.15) is 0 Å². The van der Waals surface area contributed by atoms with Crippen LogP contribution in [0.1, 0.15) is 23.7 Å². The van der Waals surface area contributed by atoms with E-state index in [9.17, 15) is 13.6 Å². The largest absolute Gasteiger partial charge is 0.334 e. The van der Waals surface area contributed by atoms with Gasteiger partial charge in [0.15, 0.2) is 11.6 Å². The average Bonchev–Trinajstić information content (AvgIpc) is 2.73. The second kappa shape index (κ2) is 5.22. The second-order valence-corrected chi connectivity index (χ2v) is 4.90. The van der Waals surface area contributed by atoms with Crippen LogP contribution in [0, 0.1) is 17.6 Å². The Balaban J connectivity index is 2.29. The van der Waals surface area contributed by atoms with Crippen molar-refractivity contribution in [3.05, 3.63) is 35.4 Å². The first-order valence-corrected chi connectivity index (χ1v) is 6.40. The van der Waals surface area contributed by atoms with Crippen molar-refractivity contribution in [2.45, 2.75) is 19.4 Å². The normalized spacial score (nSPS) is 23.4. The standard InChI is InChI=1S/C13H14ClF2NO/c1-8-5-6-17(11(8)7-14)13(18)9-3-2-4-10(15)12(9)16/h2-4,8,11H,5-7H2,1H3. The Kier molecular flexibility index (Phi) is 3.85. The zero-order chi connectivity index (χ0) is 13.3. The van der Waals surface area contributed by atoms with Gasteiger partial charge in [0.2, 0.25) is 0 Å². The molecule has 0 aliphatic carbocycles. The highest BCUT2D eigenvalue weighted by Crippen LogP contribution is 2.27. The summed E-state index contributed by atoms with van der Waals surface area (Å²) in [5.74, 6) is -1.99. The van der Waals surface area contributed by atoms with E-state index in [0.717, 1.165) is 12.5 Å². The van der Waals surface area contributed by atoms with Crippen molar-refractivity contribution < 1.29 is 13.6 Å². The van der Waals surface area contributed by atoms with Crippen molar-refractivity contribution in [2.75, 3.05) is 12.4 Å². The number of carbonyl (C=O) groups is 1. The van der Waals surface area contributed by atoms with Gasteiger partial charge in [0.05, 0.1) is 5.56 Å². The molecule has 0 spiro atoms. The lowest BCUT2D eigenvalue weighted by Crippen LogP contribution is -2.39. The SMILES string of the molecule is CC1CCN(C(=O)c2cccc(F)c2F)C1CCl. The number of nitrogens with zero attached hydrogens (tertiary/aromatic N) is 1. The molecule has 5 heteroatoms. The van der Waals surface area contributed by atoms with Crippen LogP contribution in [0.3, 0.4) is 0 Å². The van der Waals surface area contributed by atoms with Crippen LogP contribution >= 0.6 is 11.6 Å². The summed E-state index contributed by atoms with van der Waals surface area (Å²) in [5.41, 5.74) is -0.223. The van der Waals surface area contributed by atoms with Gasteiger partial charge in [-0.2, -0.15) is 0 Å². The Labute approximate surface area is 110 Å². The average molecular weight is 274 g/mol. The molecule has 2 rings (SSSR count). The Morgan fingerprint density at radius 2 is 2.22 bits per heavy atom. The van der Waals surface area contributed by atoms with Crippen molar-refractivity contribution in [1.29, 1.82) is 0 Å². The number of rotatable bonds is 2. The summed E-state index contributed by atoms with van der Waals surface area (Å²) in [6.45, 7) is 2.54. The van der Waals surface area contributed by atoms with Crippen LogP contribution in [0.15, 0.2) is 18.2 Å². The van der Waals surface area contributed by atoms with E-state index >= 15 is 0 Å². The number of carbonyl (C=O) groups excluding carboxylic acids is 1. The third-order valence-corrected chi connectivity index (χ3v) is 3.80. The van der Waals surface area contributed by atoms with Gasteiger partial charge in [0, 0.05) is 18.5 Å². The minimum absolute atomic E-state index is 0.109. The van der Waals surface area contributed by atoms with E-state index in [1.165, 1.54) is 17.0 Å². The predicted octanol–water partition coefficient (Wildman–Crippen LogP) is 3.05. The van der Waals surface area contributed by atoms with Gasteiger partial charge in [0.25, 0.3) is 5.91 Å². The minimum Gasteiger partial charge on any atom is -0.334 e. The van der Waals surface area contributed by atoms with E-state index in [2.05, 4.69) is 0 Å². The van der Waals surface area contributed by atoms with Gasteiger partial charge < -0.3 is 4.90 Å². The van der Waals surface area contributed by atoms with E-state index in [1.807, 2.05) is 6.92 Å². The zero-order valence-corrected chi connectivity index (χ0v) is 10.8.